The molecule has 2 aromatic rings. The Kier molecular flexibility index (Phi) is 4.40. The molecule has 1 aliphatic carbocycles. The molecular formula is C20H26N2O. The smallest absolute Gasteiger partial charge is 0.0777 e. The first-order valence-corrected chi connectivity index (χ1v) is 8.45. The van der Waals surface area contributed by atoms with Gasteiger partial charge >= 0.3 is 0 Å². The van der Waals surface area contributed by atoms with Crippen molar-refractivity contribution in [1.29, 1.82) is 0 Å². The molecule has 3 nitrogen and oxygen atoms in total. The Morgan fingerprint density at radius 3 is 2.43 bits per heavy atom. The number of allylic oxidation sites excluding steroid dienone is 1. The zero-order valence-corrected chi connectivity index (χ0v) is 14.4. The van der Waals surface area contributed by atoms with E-state index in [9.17, 15) is 5.11 Å². The standard InChI is InChI=1S/C20H26N2O/c1-13-10-19(22-15(3)11-14(2)21-22)18(12-20(23)16(13)4)17-8-6-5-7-9-17/h5-9,11-13,16,19-20,23H,10H2,1-4H3/t13-,16-,19-,20-/m1/s1. The predicted octanol–water partition coefficient (Wildman–Crippen LogP) is 4.16. The molecule has 122 valence electrons. The van der Waals surface area contributed by atoms with E-state index in [-0.39, 0.29) is 12.0 Å². The summed E-state index contributed by atoms with van der Waals surface area (Å²) in [6.07, 6.45) is 2.62. The van der Waals surface area contributed by atoms with Gasteiger partial charge in [0.05, 0.1) is 17.8 Å². The van der Waals surface area contributed by atoms with Crippen LogP contribution in [0.5, 0.6) is 0 Å². The van der Waals surface area contributed by atoms with Crippen LogP contribution < -0.4 is 0 Å². The van der Waals surface area contributed by atoms with E-state index in [4.69, 9.17) is 5.10 Å². The summed E-state index contributed by atoms with van der Waals surface area (Å²) in [6.45, 7) is 8.51. The van der Waals surface area contributed by atoms with Crippen LogP contribution >= 0.6 is 0 Å². The van der Waals surface area contributed by atoms with Gasteiger partial charge in [0.2, 0.25) is 0 Å². The van der Waals surface area contributed by atoms with Crippen molar-refractivity contribution in [3.8, 4) is 0 Å². The number of rotatable bonds is 2. The second-order valence-corrected chi connectivity index (χ2v) is 6.94. The highest BCUT2D eigenvalue weighted by Crippen LogP contribution is 2.40. The SMILES string of the molecule is Cc1cc(C)n([C@@H]2C[C@@H](C)[C@@H](C)[C@H](O)C=C2c2ccccc2)n1. The monoisotopic (exact) mass is 310 g/mol. The summed E-state index contributed by atoms with van der Waals surface area (Å²) in [6, 6.07) is 12.7. The molecule has 0 saturated carbocycles. The number of benzene rings is 1. The van der Waals surface area contributed by atoms with Gasteiger partial charge in [0.15, 0.2) is 0 Å². The Balaban J connectivity index is 2.12. The molecule has 1 heterocycles. The van der Waals surface area contributed by atoms with Crippen molar-refractivity contribution in [2.45, 2.75) is 46.3 Å². The maximum atomic E-state index is 10.6. The van der Waals surface area contributed by atoms with E-state index < -0.39 is 6.10 Å². The van der Waals surface area contributed by atoms with Gasteiger partial charge in [0, 0.05) is 5.69 Å². The van der Waals surface area contributed by atoms with Gasteiger partial charge in [-0.15, -0.1) is 0 Å². The lowest BCUT2D eigenvalue weighted by Crippen LogP contribution is -2.21. The molecule has 1 aromatic carbocycles. The summed E-state index contributed by atoms with van der Waals surface area (Å²) in [7, 11) is 0. The van der Waals surface area contributed by atoms with Crippen LogP contribution in [0.2, 0.25) is 0 Å². The van der Waals surface area contributed by atoms with E-state index in [1.807, 2.05) is 19.1 Å². The second kappa shape index (κ2) is 6.32. The van der Waals surface area contributed by atoms with E-state index in [0.717, 1.165) is 12.1 Å². The average Bonchev–Trinajstić information content (AvgIpc) is 2.83. The normalized spacial score (nSPS) is 28.3. The fourth-order valence-corrected chi connectivity index (χ4v) is 3.59. The Morgan fingerprint density at radius 1 is 1.13 bits per heavy atom. The number of aryl methyl sites for hydroxylation is 2. The highest BCUT2D eigenvalue weighted by atomic mass is 16.3. The molecule has 0 aliphatic heterocycles. The molecule has 0 unspecified atom stereocenters. The second-order valence-electron chi connectivity index (χ2n) is 6.94. The molecule has 1 aliphatic rings. The molecule has 1 aromatic heterocycles. The van der Waals surface area contributed by atoms with Gasteiger partial charge < -0.3 is 5.11 Å². The summed E-state index contributed by atoms with van der Waals surface area (Å²) < 4.78 is 2.13. The predicted molar refractivity (Wildman–Crippen MR) is 94.1 cm³/mol. The average molecular weight is 310 g/mol. The first-order chi connectivity index (χ1) is 11.0. The fourth-order valence-electron chi connectivity index (χ4n) is 3.59. The molecule has 0 bridgehead atoms. The van der Waals surface area contributed by atoms with Crippen LogP contribution in [0.3, 0.4) is 0 Å². The summed E-state index contributed by atoms with van der Waals surface area (Å²) >= 11 is 0. The lowest BCUT2D eigenvalue weighted by atomic mass is 9.88. The first-order valence-electron chi connectivity index (χ1n) is 8.45. The fraction of sp³-hybridized carbons (Fsp3) is 0.450. The number of aliphatic hydroxyl groups excluding tert-OH is 1. The summed E-state index contributed by atoms with van der Waals surface area (Å²) in [5.74, 6) is 0.673. The maximum Gasteiger partial charge on any atom is 0.0777 e. The van der Waals surface area contributed by atoms with Gasteiger partial charge in [-0.05, 0) is 55.4 Å². The lowest BCUT2D eigenvalue weighted by molar-refractivity contribution is 0.126. The highest BCUT2D eigenvalue weighted by Gasteiger charge is 2.31. The first kappa shape index (κ1) is 16.0. The third kappa shape index (κ3) is 3.11. The van der Waals surface area contributed by atoms with Crippen molar-refractivity contribution in [1.82, 2.24) is 9.78 Å². The van der Waals surface area contributed by atoms with Crippen molar-refractivity contribution in [3.05, 3.63) is 59.4 Å². The number of hydrogen-bond acceptors (Lipinski definition) is 2. The molecule has 0 radical (unpaired) electrons. The molecule has 0 amide bonds. The lowest BCUT2D eigenvalue weighted by Gasteiger charge is -2.25. The third-order valence-corrected chi connectivity index (χ3v) is 5.19. The largest absolute Gasteiger partial charge is 0.389 e. The van der Waals surface area contributed by atoms with E-state index >= 15 is 0 Å². The molecule has 23 heavy (non-hydrogen) atoms. The van der Waals surface area contributed by atoms with Crippen molar-refractivity contribution in [2.75, 3.05) is 0 Å². The van der Waals surface area contributed by atoms with E-state index in [0.29, 0.717) is 5.92 Å². The molecule has 4 atom stereocenters. The quantitative estimate of drug-likeness (QED) is 0.904. The Hall–Kier alpha value is -1.87. The van der Waals surface area contributed by atoms with Crippen molar-refractivity contribution in [2.24, 2.45) is 11.8 Å². The number of nitrogens with zero attached hydrogens (tertiary/aromatic N) is 2. The maximum absolute atomic E-state index is 10.6. The van der Waals surface area contributed by atoms with Crippen LogP contribution in [0.15, 0.2) is 42.5 Å². The van der Waals surface area contributed by atoms with Crippen LogP contribution in [-0.4, -0.2) is 21.0 Å². The van der Waals surface area contributed by atoms with Crippen molar-refractivity contribution in [3.63, 3.8) is 0 Å². The molecule has 3 rings (SSSR count). The summed E-state index contributed by atoms with van der Waals surface area (Å²) in [5.41, 5.74) is 4.57. The molecule has 0 saturated heterocycles. The Labute approximate surface area is 138 Å². The minimum Gasteiger partial charge on any atom is -0.389 e. The molecule has 0 fully saturated rings. The molecule has 3 heteroatoms. The van der Waals surface area contributed by atoms with Gasteiger partial charge in [-0.25, -0.2) is 0 Å². The summed E-state index contributed by atoms with van der Waals surface area (Å²) in [5, 5.41) is 15.3. The Bertz CT molecular complexity index is 702. The van der Waals surface area contributed by atoms with Gasteiger partial charge in [-0.1, -0.05) is 44.2 Å². The zero-order valence-electron chi connectivity index (χ0n) is 14.4. The van der Waals surface area contributed by atoms with Gasteiger partial charge in [0.25, 0.3) is 0 Å². The van der Waals surface area contributed by atoms with Crippen LogP contribution in [0.1, 0.15) is 43.3 Å². The van der Waals surface area contributed by atoms with Crippen LogP contribution in [0.4, 0.5) is 0 Å². The molecule has 0 spiro atoms. The topological polar surface area (TPSA) is 38.0 Å². The zero-order chi connectivity index (χ0) is 16.6. The van der Waals surface area contributed by atoms with E-state index in [1.54, 1.807) is 0 Å². The minimum atomic E-state index is -0.415. The molecule has 1 N–H and O–H groups in total. The van der Waals surface area contributed by atoms with Crippen molar-refractivity contribution < 1.29 is 5.11 Å². The number of hydrogen-bond donors (Lipinski definition) is 1. The van der Waals surface area contributed by atoms with Crippen molar-refractivity contribution >= 4 is 5.57 Å². The minimum absolute atomic E-state index is 0.167. The van der Waals surface area contributed by atoms with Crippen LogP contribution in [0, 0.1) is 25.7 Å². The van der Waals surface area contributed by atoms with Crippen LogP contribution in [-0.2, 0) is 0 Å². The Morgan fingerprint density at radius 2 is 1.83 bits per heavy atom. The van der Waals surface area contributed by atoms with E-state index in [2.05, 4.69) is 55.8 Å². The number of aromatic nitrogens is 2. The van der Waals surface area contributed by atoms with E-state index in [1.165, 1.54) is 16.8 Å². The van der Waals surface area contributed by atoms with Gasteiger partial charge in [-0.3, -0.25) is 4.68 Å². The summed E-state index contributed by atoms with van der Waals surface area (Å²) in [4.78, 5) is 0. The van der Waals surface area contributed by atoms with Gasteiger partial charge in [0.1, 0.15) is 0 Å². The third-order valence-electron chi connectivity index (χ3n) is 5.19. The number of aliphatic hydroxyl groups is 1. The van der Waals surface area contributed by atoms with Gasteiger partial charge in [-0.2, -0.15) is 5.10 Å². The van der Waals surface area contributed by atoms with Crippen LogP contribution in [0.25, 0.3) is 5.57 Å². The highest BCUT2D eigenvalue weighted by molar-refractivity contribution is 5.69. The molecular weight excluding hydrogens is 284 g/mol.